The maximum absolute atomic E-state index is 12.9. The van der Waals surface area contributed by atoms with Gasteiger partial charge in [-0.15, -0.1) is 11.3 Å². The Balaban J connectivity index is 2.09. The zero-order valence-corrected chi connectivity index (χ0v) is 9.34. The van der Waals surface area contributed by atoms with Crippen molar-refractivity contribution >= 4 is 11.3 Å². The molecule has 84 valence electrons. The van der Waals surface area contributed by atoms with Gasteiger partial charge >= 0.3 is 0 Å². The molecule has 2 heterocycles. The molecule has 0 aliphatic heterocycles. The van der Waals surface area contributed by atoms with Crippen LogP contribution < -0.4 is 10.5 Å². The summed E-state index contributed by atoms with van der Waals surface area (Å²) >= 11 is 1.60. The summed E-state index contributed by atoms with van der Waals surface area (Å²) in [6, 6.07) is 5.26. The summed E-state index contributed by atoms with van der Waals surface area (Å²) in [6.07, 6.45) is 1.13. The molecule has 2 rings (SSSR count). The molecule has 0 radical (unpaired) electrons. The predicted molar refractivity (Wildman–Crippen MR) is 60.7 cm³/mol. The molecule has 0 aliphatic rings. The van der Waals surface area contributed by atoms with Crippen LogP contribution in [0.1, 0.15) is 10.4 Å². The smallest absolute Gasteiger partial charge is 0.218 e. The minimum atomic E-state index is -0.399. The van der Waals surface area contributed by atoms with Crippen molar-refractivity contribution in [3.63, 3.8) is 0 Å². The van der Waals surface area contributed by atoms with E-state index in [1.807, 2.05) is 17.5 Å². The topological polar surface area (TPSA) is 48.1 Å². The van der Waals surface area contributed by atoms with Crippen LogP contribution in [0.4, 0.5) is 4.39 Å². The van der Waals surface area contributed by atoms with Crippen molar-refractivity contribution in [1.82, 2.24) is 4.98 Å². The van der Waals surface area contributed by atoms with Gasteiger partial charge in [-0.1, -0.05) is 6.07 Å². The van der Waals surface area contributed by atoms with Gasteiger partial charge in [0.2, 0.25) is 5.88 Å². The number of rotatable bonds is 4. The van der Waals surface area contributed by atoms with Crippen LogP contribution in [0.3, 0.4) is 0 Å². The third kappa shape index (κ3) is 2.56. The fraction of sp³-hybridized carbons (Fsp3) is 0.182. The molecule has 2 aromatic rings. The Labute approximate surface area is 96.7 Å². The monoisotopic (exact) mass is 238 g/mol. The standard InChI is InChI=1S/C11H11FN2OS/c12-9-4-8(5-13)11(14-6-9)15-7-10-2-1-3-16-10/h1-4,6H,5,7,13H2. The molecule has 3 nitrogen and oxygen atoms in total. The highest BCUT2D eigenvalue weighted by atomic mass is 32.1. The van der Waals surface area contributed by atoms with Crippen molar-refractivity contribution in [3.8, 4) is 5.88 Å². The Morgan fingerprint density at radius 1 is 1.50 bits per heavy atom. The molecule has 0 atom stereocenters. The zero-order valence-electron chi connectivity index (χ0n) is 8.52. The van der Waals surface area contributed by atoms with Crippen LogP contribution in [0.15, 0.2) is 29.8 Å². The third-order valence-corrected chi connectivity index (χ3v) is 2.89. The van der Waals surface area contributed by atoms with E-state index in [1.165, 1.54) is 6.07 Å². The van der Waals surface area contributed by atoms with Crippen molar-refractivity contribution in [3.05, 3.63) is 46.0 Å². The number of aromatic nitrogens is 1. The van der Waals surface area contributed by atoms with E-state index < -0.39 is 5.82 Å². The second kappa shape index (κ2) is 5.05. The minimum absolute atomic E-state index is 0.213. The molecule has 0 saturated carbocycles. The lowest BCUT2D eigenvalue weighted by Crippen LogP contribution is -2.04. The predicted octanol–water partition coefficient (Wildman–Crippen LogP) is 2.32. The highest BCUT2D eigenvalue weighted by Crippen LogP contribution is 2.18. The minimum Gasteiger partial charge on any atom is -0.472 e. The average molecular weight is 238 g/mol. The van der Waals surface area contributed by atoms with E-state index >= 15 is 0 Å². The molecule has 0 amide bonds. The quantitative estimate of drug-likeness (QED) is 0.889. The van der Waals surface area contributed by atoms with Crippen molar-refractivity contribution < 1.29 is 9.13 Å². The molecule has 2 N–H and O–H groups in total. The Morgan fingerprint density at radius 3 is 3.06 bits per heavy atom. The summed E-state index contributed by atoms with van der Waals surface area (Å²) in [4.78, 5) is 4.97. The number of thiophene rings is 1. The van der Waals surface area contributed by atoms with Gasteiger partial charge in [-0.25, -0.2) is 9.37 Å². The Bertz CT molecular complexity index is 459. The highest BCUT2D eigenvalue weighted by molar-refractivity contribution is 7.09. The molecule has 5 heteroatoms. The average Bonchev–Trinajstić information content (AvgIpc) is 2.80. The Kier molecular flexibility index (Phi) is 3.48. The van der Waals surface area contributed by atoms with E-state index in [2.05, 4.69) is 4.98 Å². The summed E-state index contributed by atoms with van der Waals surface area (Å²) in [5.74, 6) is 0.00113. The fourth-order valence-electron chi connectivity index (χ4n) is 1.28. The van der Waals surface area contributed by atoms with E-state index in [0.29, 0.717) is 18.1 Å². The number of hydrogen-bond acceptors (Lipinski definition) is 4. The molecular weight excluding hydrogens is 227 g/mol. The first-order valence-corrected chi connectivity index (χ1v) is 5.67. The molecule has 0 aliphatic carbocycles. The number of halogens is 1. The largest absolute Gasteiger partial charge is 0.472 e. The summed E-state index contributed by atoms with van der Waals surface area (Å²) in [6.45, 7) is 0.647. The first-order chi connectivity index (χ1) is 7.79. The SMILES string of the molecule is NCc1cc(F)cnc1OCc1cccs1. The van der Waals surface area contributed by atoms with Crippen molar-refractivity contribution in [2.45, 2.75) is 13.2 Å². The molecule has 0 unspecified atom stereocenters. The van der Waals surface area contributed by atoms with Gasteiger partial charge in [0.05, 0.1) is 6.20 Å². The third-order valence-electron chi connectivity index (χ3n) is 2.04. The molecule has 0 bridgehead atoms. The van der Waals surface area contributed by atoms with E-state index in [4.69, 9.17) is 10.5 Å². The van der Waals surface area contributed by atoms with Gasteiger partial charge < -0.3 is 10.5 Å². The van der Waals surface area contributed by atoms with Gasteiger partial charge in [0.15, 0.2) is 0 Å². The number of nitrogens with two attached hydrogens (primary N) is 1. The number of ether oxygens (including phenoxy) is 1. The van der Waals surface area contributed by atoms with Gasteiger partial charge in [0.25, 0.3) is 0 Å². The lowest BCUT2D eigenvalue weighted by Gasteiger charge is -2.07. The summed E-state index contributed by atoms with van der Waals surface area (Å²) in [5, 5.41) is 1.97. The van der Waals surface area contributed by atoms with E-state index in [9.17, 15) is 4.39 Å². The molecule has 0 spiro atoms. The fourth-order valence-corrected chi connectivity index (χ4v) is 1.90. The summed E-state index contributed by atoms with van der Waals surface area (Å²) in [5.41, 5.74) is 6.06. The van der Waals surface area contributed by atoms with Gasteiger partial charge in [-0.2, -0.15) is 0 Å². The van der Waals surface area contributed by atoms with Crippen LogP contribution in [0.2, 0.25) is 0 Å². The second-order valence-electron chi connectivity index (χ2n) is 3.19. The van der Waals surface area contributed by atoms with Crippen LogP contribution in [0.25, 0.3) is 0 Å². The van der Waals surface area contributed by atoms with Crippen LogP contribution in [-0.4, -0.2) is 4.98 Å². The van der Waals surface area contributed by atoms with Crippen LogP contribution in [0, 0.1) is 5.82 Å². The zero-order chi connectivity index (χ0) is 11.4. The lowest BCUT2D eigenvalue weighted by molar-refractivity contribution is 0.293. The van der Waals surface area contributed by atoms with Crippen LogP contribution in [-0.2, 0) is 13.2 Å². The Hall–Kier alpha value is -1.46. The first kappa shape index (κ1) is 11.0. The Morgan fingerprint density at radius 2 is 2.38 bits per heavy atom. The normalized spacial score (nSPS) is 10.4. The molecule has 0 fully saturated rings. The molecule has 16 heavy (non-hydrogen) atoms. The van der Waals surface area contributed by atoms with Crippen molar-refractivity contribution in [1.29, 1.82) is 0 Å². The molecule has 2 aromatic heterocycles. The van der Waals surface area contributed by atoms with E-state index in [-0.39, 0.29) is 6.54 Å². The second-order valence-corrected chi connectivity index (χ2v) is 4.22. The van der Waals surface area contributed by atoms with Gasteiger partial charge in [0, 0.05) is 17.0 Å². The number of pyridine rings is 1. The summed E-state index contributed by atoms with van der Waals surface area (Å²) < 4.78 is 18.4. The van der Waals surface area contributed by atoms with Crippen molar-refractivity contribution in [2.75, 3.05) is 0 Å². The van der Waals surface area contributed by atoms with Gasteiger partial charge in [-0.3, -0.25) is 0 Å². The maximum Gasteiger partial charge on any atom is 0.218 e. The van der Waals surface area contributed by atoms with Crippen LogP contribution in [0.5, 0.6) is 5.88 Å². The van der Waals surface area contributed by atoms with Gasteiger partial charge in [-0.05, 0) is 17.5 Å². The van der Waals surface area contributed by atoms with E-state index in [0.717, 1.165) is 11.1 Å². The maximum atomic E-state index is 12.9. The molecule has 0 saturated heterocycles. The summed E-state index contributed by atoms with van der Waals surface area (Å²) in [7, 11) is 0. The highest BCUT2D eigenvalue weighted by Gasteiger charge is 2.06. The van der Waals surface area contributed by atoms with E-state index in [1.54, 1.807) is 11.3 Å². The van der Waals surface area contributed by atoms with Gasteiger partial charge in [0.1, 0.15) is 12.4 Å². The number of hydrogen-bond donors (Lipinski definition) is 1. The molecular formula is C11H11FN2OS. The first-order valence-electron chi connectivity index (χ1n) is 4.79. The van der Waals surface area contributed by atoms with Crippen LogP contribution >= 0.6 is 11.3 Å². The number of nitrogens with zero attached hydrogens (tertiary/aromatic N) is 1. The van der Waals surface area contributed by atoms with Crippen molar-refractivity contribution in [2.24, 2.45) is 5.73 Å². The lowest BCUT2D eigenvalue weighted by atomic mass is 10.2. The molecule has 0 aromatic carbocycles.